The Morgan fingerprint density at radius 2 is 1.89 bits per heavy atom. The molecule has 4 rings (SSSR count). The number of nitrogens with zero attached hydrogens (tertiary/aromatic N) is 1. The summed E-state index contributed by atoms with van der Waals surface area (Å²) in [5.41, 5.74) is 1.87. The molecule has 202 valence electrons. The Kier molecular flexibility index (Phi) is 8.10. The fraction of sp³-hybridized carbons (Fsp3) is 0.667. The van der Waals surface area contributed by atoms with Gasteiger partial charge in [0, 0.05) is 38.7 Å². The van der Waals surface area contributed by atoms with Gasteiger partial charge < -0.3 is 14.8 Å². The minimum atomic E-state index is -0.291. The highest BCUT2D eigenvalue weighted by Gasteiger charge is 2.57. The van der Waals surface area contributed by atoms with Gasteiger partial charge >= 0.3 is 11.9 Å². The van der Waals surface area contributed by atoms with Crippen LogP contribution in [0.25, 0.3) is 0 Å². The Balaban J connectivity index is 1.61. The molecule has 1 heterocycles. The molecule has 7 nitrogen and oxygen atoms in total. The zero-order valence-electron chi connectivity index (χ0n) is 22.8. The summed E-state index contributed by atoms with van der Waals surface area (Å²) in [4.78, 5) is 40.6. The van der Waals surface area contributed by atoms with E-state index in [0.717, 1.165) is 38.5 Å². The van der Waals surface area contributed by atoms with Crippen LogP contribution in [0.1, 0.15) is 83.0 Å². The number of amides is 1. The van der Waals surface area contributed by atoms with Gasteiger partial charge in [-0.3, -0.25) is 19.4 Å². The fourth-order valence-corrected chi connectivity index (χ4v) is 7.79. The smallest absolute Gasteiger partial charge is 0.302 e. The second-order valence-corrected chi connectivity index (χ2v) is 11.9. The Morgan fingerprint density at radius 1 is 1.11 bits per heavy atom. The van der Waals surface area contributed by atoms with Crippen LogP contribution in [-0.2, 0) is 19.1 Å². The molecule has 3 fully saturated rings. The summed E-state index contributed by atoms with van der Waals surface area (Å²) in [7, 11) is 0. The average molecular weight is 511 g/mol. The molecule has 3 saturated carbocycles. The molecule has 1 amide bonds. The third-order valence-electron chi connectivity index (χ3n) is 9.97. The molecule has 3 aliphatic carbocycles. The lowest BCUT2D eigenvalue weighted by Crippen LogP contribution is -2.54. The molecule has 1 aromatic heterocycles. The predicted octanol–water partition coefficient (Wildman–Crippen LogP) is 5.11. The van der Waals surface area contributed by atoms with Crippen molar-refractivity contribution in [3.05, 3.63) is 42.2 Å². The number of ether oxygens (including phenoxy) is 2. The summed E-state index contributed by atoms with van der Waals surface area (Å²) in [6, 6.07) is 3.56. The molecule has 0 spiro atoms. The molecule has 7 atom stereocenters. The zero-order chi connectivity index (χ0) is 26.8. The standard InChI is InChI=1S/C30H42N2O5/c1-19-8-9-26-25(17-32-28(35)22-7-6-14-31-16-22)27(11-13-29(19,26)4)30(5)12-10-24(37-21(3)34)15-23(30)18-36-20(2)33/h6-7,14,16,23-27H,1,8-13,15,17-18H2,2-5H3,(H,32,35). The van der Waals surface area contributed by atoms with E-state index in [1.165, 1.54) is 19.4 Å². The van der Waals surface area contributed by atoms with Gasteiger partial charge in [-0.15, -0.1) is 0 Å². The number of aromatic nitrogens is 1. The van der Waals surface area contributed by atoms with Crippen molar-refractivity contribution in [3.8, 4) is 0 Å². The predicted molar refractivity (Wildman–Crippen MR) is 140 cm³/mol. The fourth-order valence-electron chi connectivity index (χ4n) is 7.79. The summed E-state index contributed by atoms with van der Waals surface area (Å²) in [6.07, 6.45) is 9.71. The van der Waals surface area contributed by atoms with E-state index in [0.29, 0.717) is 37.0 Å². The number of fused-ring (bicyclic) bond motifs is 1. The molecule has 0 bridgehead atoms. The van der Waals surface area contributed by atoms with Crippen LogP contribution in [0.2, 0.25) is 0 Å². The van der Waals surface area contributed by atoms with E-state index in [4.69, 9.17) is 9.47 Å². The largest absolute Gasteiger partial charge is 0.466 e. The van der Waals surface area contributed by atoms with Crippen molar-refractivity contribution in [1.82, 2.24) is 10.3 Å². The van der Waals surface area contributed by atoms with Crippen LogP contribution in [0.15, 0.2) is 36.7 Å². The molecule has 7 heteroatoms. The van der Waals surface area contributed by atoms with Gasteiger partial charge in [0.15, 0.2) is 0 Å². The van der Waals surface area contributed by atoms with E-state index < -0.39 is 0 Å². The number of pyridine rings is 1. The van der Waals surface area contributed by atoms with Gasteiger partial charge in [0.1, 0.15) is 6.10 Å². The topological polar surface area (TPSA) is 94.6 Å². The van der Waals surface area contributed by atoms with Crippen molar-refractivity contribution >= 4 is 17.8 Å². The van der Waals surface area contributed by atoms with Crippen molar-refractivity contribution < 1.29 is 23.9 Å². The summed E-state index contributed by atoms with van der Waals surface area (Å²) in [5, 5.41) is 3.24. The molecule has 1 aromatic rings. The van der Waals surface area contributed by atoms with Crippen LogP contribution in [0.5, 0.6) is 0 Å². The maximum absolute atomic E-state index is 13.0. The van der Waals surface area contributed by atoms with Crippen LogP contribution in [0.4, 0.5) is 0 Å². The quantitative estimate of drug-likeness (QED) is 0.405. The molecule has 0 saturated heterocycles. The van der Waals surface area contributed by atoms with Gasteiger partial charge in [-0.2, -0.15) is 0 Å². The molecule has 0 aliphatic heterocycles. The molecule has 7 unspecified atom stereocenters. The van der Waals surface area contributed by atoms with Crippen molar-refractivity contribution in [2.24, 2.45) is 34.5 Å². The maximum Gasteiger partial charge on any atom is 0.302 e. The first-order valence-corrected chi connectivity index (χ1v) is 13.7. The number of nitrogens with one attached hydrogen (secondary N) is 1. The Morgan fingerprint density at radius 3 is 2.57 bits per heavy atom. The zero-order valence-corrected chi connectivity index (χ0v) is 22.8. The summed E-state index contributed by atoms with van der Waals surface area (Å²) < 4.78 is 11.2. The summed E-state index contributed by atoms with van der Waals surface area (Å²) in [6.45, 7) is 12.9. The molecular formula is C30H42N2O5. The number of hydrogen-bond donors (Lipinski definition) is 1. The highest BCUT2D eigenvalue weighted by Crippen LogP contribution is 2.63. The number of rotatable bonds is 7. The van der Waals surface area contributed by atoms with E-state index in [9.17, 15) is 14.4 Å². The average Bonchev–Trinajstić information content (AvgIpc) is 3.17. The van der Waals surface area contributed by atoms with Crippen LogP contribution < -0.4 is 5.32 Å². The van der Waals surface area contributed by atoms with Crippen molar-refractivity contribution in [2.45, 2.75) is 78.7 Å². The molecular weight excluding hydrogens is 468 g/mol. The Labute approximate surface area is 220 Å². The van der Waals surface area contributed by atoms with E-state index in [2.05, 4.69) is 30.7 Å². The number of allylic oxidation sites excluding steroid dienone is 1. The molecule has 37 heavy (non-hydrogen) atoms. The number of hydrogen-bond acceptors (Lipinski definition) is 6. The Bertz CT molecular complexity index is 1030. The van der Waals surface area contributed by atoms with Crippen molar-refractivity contribution in [2.75, 3.05) is 13.2 Å². The highest BCUT2D eigenvalue weighted by molar-refractivity contribution is 5.93. The third-order valence-corrected chi connectivity index (χ3v) is 9.97. The molecule has 1 N–H and O–H groups in total. The monoisotopic (exact) mass is 510 g/mol. The van der Waals surface area contributed by atoms with Gasteiger partial charge in [0.25, 0.3) is 5.91 Å². The summed E-state index contributed by atoms with van der Waals surface area (Å²) in [5.74, 6) is 0.457. The van der Waals surface area contributed by atoms with E-state index >= 15 is 0 Å². The van der Waals surface area contributed by atoms with Crippen LogP contribution in [-0.4, -0.2) is 42.1 Å². The molecule has 0 radical (unpaired) electrons. The van der Waals surface area contributed by atoms with E-state index in [-0.39, 0.29) is 46.6 Å². The first-order chi connectivity index (χ1) is 17.5. The van der Waals surface area contributed by atoms with Crippen molar-refractivity contribution in [3.63, 3.8) is 0 Å². The molecule has 0 aromatic carbocycles. The minimum Gasteiger partial charge on any atom is -0.466 e. The normalized spacial score (nSPS) is 35.4. The minimum absolute atomic E-state index is 0.0741. The first kappa shape index (κ1) is 27.3. The Hall–Kier alpha value is -2.70. The van der Waals surface area contributed by atoms with Crippen LogP contribution in [0, 0.1) is 34.5 Å². The highest BCUT2D eigenvalue weighted by atomic mass is 16.5. The van der Waals surface area contributed by atoms with Gasteiger partial charge in [0.05, 0.1) is 12.2 Å². The number of carbonyl (C=O) groups is 3. The number of esters is 2. The van der Waals surface area contributed by atoms with E-state index in [1.54, 1.807) is 24.5 Å². The van der Waals surface area contributed by atoms with Crippen LogP contribution >= 0.6 is 0 Å². The molecule has 3 aliphatic rings. The van der Waals surface area contributed by atoms with Gasteiger partial charge in [-0.25, -0.2) is 0 Å². The SMILES string of the molecule is C=C1CCC2C(CNC(=O)c3cccnc3)C(C3(C)CCC(OC(C)=O)CC3COC(C)=O)CCC12C. The summed E-state index contributed by atoms with van der Waals surface area (Å²) >= 11 is 0. The number of carbonyl (C=O) groups excluding carboxylic acids is 3. The van der Waals surface area contributed by atoms with Crippen LogP contribution in [0.3, 0.4) is 0 Å². The lowest BCUT2D eigenvalue weighted by molar-refractivity contribution is -0.161. The third kappa shape index (κ3) is 5.60. The van der Waals surface area contributed by atoms with Gasteiger partial charge in [-0.05, 0) is 85.7 Å². The second-order valence-electron chi connectivity index (χ2n) is 11.9. The van der Waals surface area contributed by atoms with Crippen molar-refractivity contribution in [1.29, 1.82) is 0 Å². The van der Waals surface area contributed by atoms with Gasteiger partial charge in [-0.1, -0.05) is 26.0 Å². The maximum atomic E-state index is 13.0. The lowest BCUT2D eigenvalue weighted by Gasteiger charge is -2.56. The second kappa shape index (κ2) is 11.0. The van der Waals surface area contributed by atoms with E-state index in [1.807, 2.05) is 0 Å². The lowest BCUT2D eigenvalue weighted by atomic mass is 9.49. The first-order valence-electron chi connectivity index (χ1n) is 13.7. The van der Waals surface area contributed by atoms with Gasteiger partial charge in [0.2, 0.25) is 0 Å².